The van der Waals surface area contributed by atoms with Gasteiger partial charge < -0.3 is 25.6 Å². The van der Waals surface area contributed by atoms with Gasteiger partial charge in [-0.25, -0.2) is 4.79 Å². The van der Waals surface area contributed by atoms with E-state index in [0.29, 0.717) is 51.7 Å². The van der Waals surface area contributed by atoms with Gasteiger partial charge in [-0.05, 0) is 50.3 Å². The van der Waals surface area contributed by atoms with Gasteiger partial charge in [0, 0.05) is 50.4 Å². The van der Waals surface area contributed by atoms with Crippen LogP contribution in [0.25, 0.3) is 0 Å². The largest absolute Gasteiger partial charge is 0.449 e. The zero-order valence-corrected chi connectivity index (χ0v) is 25.3. The van der Waals surface area contributed by atoms with Crippen LogP contribution in [0.3, 0.4) is 0 Å². The minimum atomic E-state index is -0.522. The standard InChI is InChI=1S/C31H48N4O6/c1-6-7-13-25(14-11-18-33-29(39)24(2)31(3,4)5)23-41-30(40)34-20-12-19-32-27(37)15-9-8-10-21-35-22-26(36)16-17-28(35)38/h11,16-18,24-25H,8-10,12-15,19-23H2,1-5H3,(H,32,37)(H,33,39)(H,34,40)/b18-11-/t24-,25+/m1/s1. The number of alkyl carbamates (subject to hydrolysis) is 1. The van der Waals surface area contributed by atoms with Crippen molar-refractivity contribution in [2.75, 3.05) is 32.8 Å². The zero-order valence-electron chi connectivity index (χ0n) is 25.3. The molecule has 0 radical (unpaired) electrons. The maximum absolute atomic E-state index is 12.2. The van der Waals surface area contributed by atoms with Crippen molar-refractivity contribution < 1.29 is 28.7 Å². The van der Waals surface area contributed by atoms with Gasteiger partial charge in [-0.1, -0.05) is 40.2 Å². The van der Waals surface area contributed by atoms with Crippen LogP contribution in [0.4, 0.5) is 4.79 Å². The van der Waals surface area contributed by atoms with Crippen molar-refractivity contribution in [2.24, 2.45) is 17.3 Å². The molecule has 0 aromatic rings. The number of ether oxygens (including phenoxy) is 1. The van der Waals surface area contributed by atoms with Gasteiger partial charge in [0.15, 0.2) is 5.78 Å². The number of carbonyl (C=O) groups is 5. The minimum absolute atomic E-state index is 0.000324. The van der Waals surface area contributed by atoms with E-state index < -0.39 is 6.09 Å². The van der Waals surface area contributed by atoms with E-state index in [2.05, 4.69) is 27.8 Å². The number of carbonyl (C=O) groups excluding carboxylic acids is 5. The lowest BCUT2D eigenvalue weighted by molar-refractivity contribution is -0.131. The SMILES string of the molecule is CC#CC[C@@H](C/C=C\NC(=O)[C@@H](C)C(C)(C)C)COC(=O)NCCCNC(=O)CCCCCN1CC(=O)C=CC1=O. The molecule has 1 heterocycles. The second-order valence-corrected chi connectivity index (χ2v) is 11.3. The van der Waals surface area contributed by atoms with Gasteiger partial charge in [0.1, 0.15) is 0 Å². The summed E-state index contributed by atoms with van der Waals surface area (Å²) in [6.45, 7) is 11.4. The fraction of sp³-hybridized carbons (Fsp3) is 0.645. The molecule has 1 aliphatic rings. The smallest absolute Gasteiger partial charge is 0.407 e. The number of ketones is 1. The summed E-state index contributed by atoms with van der Waals surface area (Å²) in [5.74, 6) is 5.43. The van der Waals surface area contributed by atoms with Crippen LogP contribution in [-0.4, -0.2) is 67.3 Å². The molecule has 0 aromatic heterocycles. The molecule has 0 bridgehead atoms. The van der Waals surface area contributed by atoms with E-state index in [0.717, 1.165) is 12.8 Å². The Bertz CT molecular complexity index is 1000. The molecule has 41 heavy (non-hydrogen) atoms. The first-order chi connectivity index (χ1) is 19.4. The van der Waals surface area contributed by atoms with Crippen LogP contribution in [0.5, 0.6) is 0 Å². The molecule has 1 aliphatic heterocycles. The normalized spacial score (nSPS) is 14.7. The Morgan fingerprint density at radius 3 is 2.51 bits per heavy atom. The maximum atomic E-state index is 12.2. The lowest BCUT2D eigenvalue weighted by atomic mass is 9.81. The fourth-order valence-corrected chi connectivity index (χ4v) is 3.76. The molecule has 228 valence electrons. The fourth-order valence-electron chi connectivity index (χ4n) is 3.76. The molecule has 0 spiro atoms. The summed E-state index contributed by atoms with van der Waals surface area (Å²) in [5, 5.41) is 8.34. The van der Waals surface area contributed by atoms with E-state index >= 15 is 0 Å². The van der Waals surface area contributed by atoms with Crippen LogP contribution in [-0.2, 0) is 23.9 Å². The summed E-state index contributed by atoms with van der Waals surface area (Å²) in [5.41, 5.74) is -0.121. The Kier molecular flexibility index (Phi) is 16.8. The average Bonchev–Trinajstić information content (AvgIpc) is 2.92. The quantitative estimate of drug-likeness (QED) is 0.181. The Labute approximate surface area is 245 Å². The lowest BCUT2D eigenvalue weighted by Gasteiger charge is -2.25. The highest BCUT2D eigenvalue weighted by Crippen LogP contribution is 2.25. The first-order valence-corrected chi connectivity index (χ1v) is 14.5. The molecule has 10 heteroatoms. The first kappa shape index (κ1) is 35.4. The van der Waals surface area contributed by atoms with Gasteiger partial charge in [0.05, 0.1) is 13.2 Å². The van der Waals surface area contributed by atoms with E-state index in [4.69, 9.17) is 4.74 Å². The number of hydrogen-bond donors (Lipinski definition) is 3. The highest BCUT2D eigenvalue weighted by atomic mass is 16.5. The molecule has 0 aromatic carbocycles. The number of allylic oxidation sites excluding steroid dienone is 1. The van der Waals surface area contributed by atoms with Crippen LogP contribution in [0, 0.1) is 29.1 Å². The van der Waals surface area contributed by atoms with Crippen molar-refractivity contribution in [2.45, 2.75) is 79.6 Å². The Morgan fingerprint density at radius 2 is 1.80 bits per heavy atom. The van der Waals surface area contributed by atoms with Gasteiger partial charge >= 0.3 is 6.09 Å². The van der Waals surface area contributed by atoms with Crippen LogP contribution in [0.2, 0.25) is 0 Å². The summed E-state index contributed by atoms with van der Waals surface area (Å²) in [4.78, 5) is 60.9. The molecule has 0 saturated carbocycles. The van der Waals surface area contributed by atoms with Gasteiger partial charge in [0.2, 0.25) is 17.7 Å². The van der Waals surface area contributed by atoms with E-state index in [1.165, 1.54) is 17.1 Å². The van der Waals surface area contributed by atoms with Crippen molar-refractivity contribution in [3.05, 3.63) is 24.4 Å². The molecule has 2 atom stereocenters. The number of nitrogens with one attached hydrogen (secondary N) is 3. The van der Waals surface area contributed by atoms with Crippen molar-refractivity contribution in [3.8, 4) is 11.8 Å². The van der Waals surface area contributed by atoms with Crippen molar-refractivity contribution in [1.82, 2.24) is 20.9 Å². The van der Waals surface area contributed by atoms with Crippen molar-refractivity contribution >= 4 is 29.6 Å². The number of unbranched alkanes of at least 4 members (excludes halogenated alkanes) is 2. The highest BCUT2D eigenvalue weighted by molar-refractivity contribution is 6.04. The number of rotatable bonds is 17. The Morgan fingerprint density at radius 1 is 1.07 bits per heavy atom. The predicted octanol–water partition coefficient (Wildman–Crippen LogP) is 3.48. The molecule has 10 nitrogen and oxygen atoms in total. The topological polar surface area (TPSA) is 134 Å². The van der Waals surface area contributed by atoms with Gasteiger partial charge in [-0.2, -0.15) is 0 Å². The first-order valence-electron chi connectivity index (χ1n) is 14.5. The molecule has 4 amide bonds. The molecular formula is C31H48N4O6. The summed E-state index contributed by atoms with van der Waals surface area (Å²) >= 11 is 0. The van der Waals surface area contributed by atoms with Crippen molar-refractivity contribution in [3.63, 3.8) is 0 Å². The van der Waals surface area contributed by atoms with E-state index in [1.54, 1.807) is 13.1 Å². The van der Waals surface area contributed by atoms with Gasteiger partial charge in [-0.15, -0.1) is 11.8 Å². The Hall–Kier alpha value is -3.61. The van der Waals surface area contributed by atoms with Crippen LogP contribution in [0.1, 0.15) is 79.6 Å². The summed E-state index contributed by atoms with van der Waals surface area (Å²) < 4.78 is 5.35. The second kappa shape index (κ2) is 19.5. The third-order valence-electron chi connectivity index (χ3n) is 6.87. The van der Waals surface area contributed by atoms with Crippen LogP contribution >= 0.6 is 0 Å². The molecule has 0 saturated heterocycles. The number of amides is 4. The summed E-state index contributed by atoms with van der Waals surface area (Å²) in [6, 6.07) is 0. The second-order valence-electron chi connectivity index (χ2n) is 11.3. The third-order valence-corrected chi connectivity index (χ3v) is 6.87. The van der Waals surface area contributed by atoms with Crippen LogP contribution < -0.4 is 16.0 Å². The minimum Gasteiger partial charge on any atom is -0.449 e. The number of hydrogen-bond acceptors (Lipinski definition) is 6. The van der Waals surface area contributed by atoms with Crippen molar-refractivity contribution in [1.29, 1.82) is 0 Å². The highest BCUT2D eigenvalue weighted by Gasteiger charge is 2.26. The van der Waals surface area contributed by atoms with E-state index in [-0.39, 0.29) is 53.9 Å². The number of nitrogens with zero attached hydrogens (tertiary/aromatic N) is 1. The molecule has 0 fully saturated rings. The van der Waals surface area contributed by atoms with E-state index in [1.807, 2.05) is 33.8 Å². The zero-order chi connectivity index (χ0) is 30.7. The van der Waals surface area contributed by atoms with Gasteiger partial charge in [-0.3, -0.25) is 19.2 Å². The average molecular weight is 573 g/mol. The summed E-state index contributed by atoms with van der Waals surface area (Å²) in [7, 11) is 0. The molecule has 0 aliphatic carbocycles. The predicted molar refractivity (Wildman–Crippen MR) is 158 cm³/mol. The molecule has 3 N–H and O–H groups in total. The molecule has 1 rings (SSSR count). The molecule has 0 unspecified atom stereocenters. The summed E-state index contributed by atoms with van der Waals surface area (Å²) in [6.07, 6.45) is 9.93. The lowest BCUT2D eigenvalue weighted by Crippen LogP contribution is -2.37. The van der Waals surface area contributed by atoms with Gasteiger partial charge in [0.25, 0.3) is 0 Å². The monoisotopic (exact) mass is 572 g/mol. The third kappa shape index (κ3) is 16.3. The molecular weight excluding hydrogens is 524 g/mol. The maximum Gasteiger partial charge on any atom is 0.407 e. The van der Waals surface area contributed by atoms with E-state index in [9.17, 15) is 24.0 Å². The Balaban J connectivity index is 2.16. The van der Waals surface area contributed by atoms with Crippen LogP contribution in [0.15, 0.2) is 24.4 Å².